The standard InChI is InChI=1S/C19H17BrN2O3/c1-12(2)25-18-8-3-15(20)10-13(18)9-14(11-21)19(24)22-16-4-6-17(23)7-5-16/h3-10,12,23H,1-2H3,(H,22,24)/b14-9+. The first-order valence-electron chi connectivity index (χ1n) is 7.57. The number of carbonyl (C=O) groups is 1. The molecule has 1 amide bonds. The summed E-state index contributed by atoms with van der Waals surface area (Å²) >= 11 is 3.38. The number of nitriles is 1. The molecule has 6 heteroatoms. The Bertz CT molecular complexity index is 837. The van der Waals surface area contributed by atoms with E-state index in [1.54, 1.807) is 24.3 Å². The van der Waals surface area contributed by atoms with Gasteiger partial charge in [0.1, 0.15) is 23.1 Å². The lowest BCUT2D eigenvalue weighted by atomic mass is 10.1. The van der Waals surface area contributed by atoms with Crippen molar-refractivity contribution in [2.24, 2.45) is 0 Å². The quantitative estimate of drug-likeness (QED) is 0.440. The first kappa shape index (κ1) is 18.6. The molecule has 0 spiro atoms. The molecule has 25 heavy (non-hydrogen) atoms. The third-order valence-corrected chi connectivity index (χ3v) is 3.62. The highest BCUT2D eigenvalue weighted by molar-refractivity contribution is 9.10. The van der Waals surface area contributed by atoms with Gasteiger partial charge in [-0.3, -0.25) is 4.79 Å². The summed E-state index contributed by atoms with van der Waals surface area (Å²) in [6.45, 7) is 3.80. The molecule has 2 rings (SSSR count). The first-order chi connectivity index (χ1) is 11.9. The predicted octanol–water partition coefficient (Wildman–Crippen LogP) is 4.49. The smallest absolute Gasteiger partial charge is 0.266 e. The number of phenols is 1. The van der Waals surface area contributed by atoms with Gasteiger partial charge in [-0.1, -0.05) is 15.9 Å². The van der Waals surface area contributed by atoms with E-state index in [4.69, 9.17) is 4.74 Å². The Labute approximate surface area is 154 Å². The number of nitrogens with zero attached hydrogens (tertiary/aromatic N) is 1. The number of hydrogen-bond acceptors (Lipinski definition) is 4. The second-order valence-corrected chi connectivity index (χ2v) is 6.44. The fourth-order valence-electron chi connectivity index (χ4n) is 2.04. The molecule has 5 nitrogen and oxygen atoms in total. The van der Waals surface area contributed by atoms with Crippen molar-refractivity contribution in [1.29, 1.82) is 5.26 Å². The van der Waals surface area contributed by atoms with Crippen LogP contribution in [0.2, 0.25) is 0 Å². The summed E-state index contributed by atoms with van der Waals surface area (Å²) in [5, 5.41) is 21.2. The van der Waals surface area contributed by atoms with E-state index in [0.29, 0.717) is 17.0 Å². The number of ether oxygens (including phenoxy) is 1. The monoisotopic (exact) mass is 400 g/mol. The molecule has 0 saturated carbocycles. The summed E-state index contributed by atoms with van der Waals surface area (Å²) in [6.07, 6.45) is 1.45. The summed E-state index contributed by atoms with van der Waals surface area (Å²) in [7, 11) is 0. The van der Waals surface area contributed by atoms with Crippen LogP contribution < -0.4 is 10.1 Å². The fraction of sp³-hybridized carbons (Fsp3) is 0.158. The van der Waals surface area contributed by atoms with Gasteiger partial charge in [-0.05, 0) is 62.4 Å². The van der Waals surface area contributed by atoms with Gasteiger partial charge in [0.2, 0.25) is 0 Å². The lowest BCUT2D eigenvalue weighted by Gasteiger charge is -2.13. The number of hydrogen-bond donors (Lipinski definition) is 2. The minimum absolute atomic E-state index is 0.0373. The van der Waals surface area contributed by atoms with Crippen LogP contribution in [0.25, 0.3) is 6.08 Å². The van der Waals surface area contributed by atoms with Crippen molar-refractivity contribution in [2.45, 2.75) is 20.0 Å². The van der Waals surface area contributed by atoms with E-state index in [9.17, 15) is 15.2 Å². The minimum Gasteiger partial charge on any atom is -0.508 e. The summed E-state index contributed by atoms with van der Waals surface area (Å²) in [5.41, 5.74) is 1.05. The number of phenolic OH excluding ortho intramolecular Hbond substituents is 1. The topological polar surface area (TPSA) is 82.3 Å². The molecule has 2 N–H and O–H groups in total. The van der Waals surface area contributed by atoms with E-state index >= 15 is 0 Å². The zero-order chi connectivity index (χ0) is 18.4. The molecule has 0 aliphatic rings. The molecule has 0 saturated heterocycles. The van der Waals surface area contributed by atoms with Crippen LogP contribution in [-0.4, -0.2) is 17.1 Å². The number of rotatable bonds is 5. The van der Waals surface area contributed by atoms with E-state index in [1.165, 1.54) is 18.2 Å². The minimum atomic E-state index is -0.538. The molecular weight excluding hydrogens is 384 g/mol. The number of nitrogens with one attached hydrogen (secondary N) is 1. The normalized spacial score (nSPS) is 11.1. The van der Waals surface area contributed by atoms with Gasteiger partial charge in [0.25, 0.3) is 5.91 Å². The highest BCUT2D eigenvalue weighted by atomic mass is 79.9. The van der Waals surface area contributed by atoms with Crippen LogP contribution in [0.4, 0.5) is 5.69 Å². The van der Waals surface area contributed by atoms with Crippen molar-refractivity contribution < 1.29 is 14.6 Å². The van der Waals surface area contributed by atoms with E-state index in [1.807, 2.05) is 26.0 Å². The Kier molecular flexibility index (Phi) is 6.20. The van der Waals surface area contributed by atoms with Crippen LogP contribution in [0.3, 0.4) is 0 Å². The Balaban J connectivity index is 2.30. The SMILES string of the molecule is CC(C)Oc1ccc(Br)cc1/C=C(\C#N)C(=O)Nc1ccc(O)cc1. The van der Waals surface area contributed by atoms with Crippen molar-refractivity contribution in [3.8, 4) is 17.6 Å². The van der Waals surface area contributed by atoms with E-state index in [2.05, 4.69) is 21.2 Å². The Morgan fingerprint density at radius 1 is 1.28 bits per heavy atom. The van der Waals surface area contributed by atoms with Crippen molar-refractivity contribution in [3.63, 3.8) is 0 Å². The molecule has 0 aromatic heterocycles. The largest absolute Gasteiger partial charge is 0.508 e. The summed E-state index contributed by atoms with van der Waals surface area (Å²) in [6, 6.07) is 13.3. The van der Waals surface area contributed by atoms with Gasteiger partial charge in [-0.15, -0.1) is 0 Å². The van der Waals surface area contributed by atoms with Crippen molar-refractivity contribution in [3.05, 3.63) is 58.1 Å². The Hall–Kier alpha value is -2.78. The van der Waals surface area contributed by atoms with E-state index in [-0.39, 0.29) is 17.4 Å². The average molecular weight is 401 g/mol. The maximum Gasteiger partial charge on any atom is 0.266 e. The first-order valence-corrected chi connectivity index (χ1v) is 8.36. The summed E-state index contributed by atoms with van der Waals surface area (Å²) in [4.78, 5) is 12.3. The molecule has 0 bridgehead atoms. The van der Waals surface area contributed by atoms with Crippen LogP contribution in [0.5, 0.6) is 11.5 Å². The average Bonchev–Trinajstić information content (AvgIpc) is 2.56. The third-order valence-electron chi connectivity index (χ3n) is 3.12. The van der Waals surface area contributed by atoms with Gasteiger partial charge in [0.05, 0.1) is 6.10 Å². The molecule has 0 heterocycles. The van der Waals surface area contributed by atoms with Crippen LogP contribution in [0, 0.1) is 11.3 Å². The number of halogens is 1. The molecule has 128 valence electrons. The zero-order valence-electron chi connectivity index (χ0n) is 13.8. The molecule has 0 unspecified atom stereocenters. The fourth-order valence-corrected chi connectivity index (χ4v) is 2.42. The van der Waals surface area contributed by atoms with Crippen molar-refractivity contribution in [1.82, 2.24) is 0 Å². The third kappa shape index (κ3) is 5.37. The second kappa shape index (κ2) is 8.36. The van der Waals surface area contributed by atoms with Crippen LogP contribution in [0.15, 0.2) is 52.5 Å². The maximum absolute atomic E-state index is 12.3. The number of aromatic hydroxyl groups is 1. The van der Waals surface area contributed by atoms with Crippen LogP contribution >= 0.6 is 15.9 Å². The Morgan fingerprint density at radius 2 is 1.96 bits per heavy atom. The maximum atomic E-state index is 12.3. The molecule has 0 fully saturated rings. The summed E-state index contributed by atoms with van der Waals surface area (Å²) < 4.78 is 6.53. The van der Waals surface area contributed by atoms with Crippen molar-refractivity contribution in [2.75, 3.05) is 5.32 Å². The summed E-state index contributed by atoms with van der Waals surface area (Å²) in [5.74, 6) is 0.144. The number of carbonyl (C=O) groups excluding carboxylic acids is 1. The second-order valence-electron chi connectivity index (χ2n) is 5.52. The predicted molar refractivity (Wildman–Crippen MR) is 100 cm³/mol. The van der Waals surface area contributed by atoms with Gasteiger partial charge < -0.3 is 15.2 Å². The molecule has 0 aliphatic carbocycles. The molecule has 2 aromatic carbocycles. The highest BCUT2D eigenvalue weighted by Gasteiger charge is 2.12. The lowest BCUT2D eigenvalue weighted by Crippen LogP contribution is -2.13. The van der Waals surface area contributed by atoms with Crippen LogP contribution in [0.1, 0.15) is 19.4 Å². The van der Waals surface area contributed by atoms with Crippen molar-refractivity contribution >= 4 is 33.6 Å². The zero-order valence-corrected chi connectivity index (χ0v) is 15.4. The number of amides is 1. The molecule has 0 radical (unpaired) electrons. The van der Waals surface area contributed by atoms with Gasteiger partial charge in [-0.25, -0.2) is 0 Å². The van der Waals surface area contributed by atoms with Gasteiger partial charge >= 0.3 is 0 Å². The van der Waals surface area contributed by atoms with Gasteiger partial charge in [0, 0.05) is 15.7 Å². The molecule has 2 aromatic rings. The number of benzene rings is 2. The highest BCUT2D eigenvalue weighted by Crippen LogP contribution is 2.27. The molecule has 0 atom stereocenters. The number of anilines is 1. The van der Waals surface area contributed by atoms with Gasteiger partial charge in [0.15, 0.2) is 0 Å². The van der Waals surface area contributed by atoms with E-state index < -0.39 is 5.91 Å². The molecular formula is C19H17BrN2O3. The van der Waals surface area contributed by atoms with E-state index in [0.717, 1.165) is 4.47 Å². The van der Waals surface area contributed by atoms with Gasteiger partial charge in [-0.2, -0.15) is 5.26 Å². The van der Waals surface area contributed by atoms with Crippen LogP contribution in [-0.2, 0) is 4.79 Å². The Morgan fingerprint density at radius 3 is 2.56 bits per heavy atom. The molecule has 0 aliphatic heterocycles. The lowest BCUT2D eigenvalue weighted by molar-refractivity contribution is -0.112.